The Morgan fingerprint density at radius 1 is 1.32 bits per heavy atom. The fourth-order valence-electron chi connectivity index (χ4n) is 2.96. The number of amides is 2. The molecule has 0 radical (unpaired) electrons. The number of nitrogens with zero attached hydrogens (tertiary/aromatic N) is 1. The van der Waals surface area contributed by atoms with Crippen LogP contribution in [-0.4, -0.2) is 43.5 Å². The van der Waals surface area contributed by atoms with Crippen LogP contribution in [0.2, 0.25) is 0 Å². The molecule has 2 heterocycles. The third-order valence-electron chi connectivity index (χ3n) is 4.35. The predicted molar refractivity (Wildman–Crippen MR) is 91.3 cm³/mol. The van der Waals surface area contributed by atoms with Crippen LogP contribution in [0.25, 0.3) is 11.0 Å². The second kappa shape index (κ2) is 7.38. The van der Waals surface area contributed by atoms with Crippen LogP contribution in [-0.2, 0) is 9.59 Å². The number of hydrogen-bond donors (Lipinski definition) is 1. The van der Waals surface area contributed by atoms with Crippen molar-refractivity contribution in [3.8, 4) is 5.75 Å². The zero-order valence-electron chi connectivity index (χ0n) is 14.0. The average Bonchev–Trinajstić information content (AvgIpc) is 3.07. The largest absolute Gasteiger partial charge is 0.484 e. The number of ether oxygens (including phenoxy) is 1. The van der Waals surface area contributed by atoms with E-state index in [1.807, 2.05) is 0 Å². The molecule has 132 valence electrons. The van der Waals surface area contributed by atoms with E-state index in [9.17, 15) is 14.4 Å². The smallest absolute Gasteiger partial charge is 0.336 e. The lowest BCUT2D eigenvalue weighted by atomic mass is 10.1. The zero-order valence-corrected chi connectivity index (χ0v) is 14.0. The van der Waals surface area contributed by atoms with Gasteiger partial charge >= 0.3 is 5.63 Å². The topological polar surface area (TPSA) is 88.9 Å². The first-order chi connectivity index (χ1) is 12.0. The van der Waals surface area contributed by atoms with E-state index in [1.54, 1.807) is 36.2 Å². The molecular formula is C18H20N2O5. The van der Waals surface area contributed by atoms with Gasteiger partial charge in [0.1, 0.15) is 11.3 Å². The minimum Gasteiger partial charge on any atom is -0.484 e. The molecule has 1 aromatic carbocycles. The Hall–Kier alpha value is -2.83. The number of carbonyl (C=O) groups is 2. The van der Waals surface area contributed by atoms with Crippen molar-refractivity contribution >= 4 is 22.8 Å². The molecule has 1 saturated heterocycles. The second-order valence-electron chi connectivity index (χ2n) is 6.11. The van der Waals surface area contributed by atoms with Crippen LogP contribution in [0.15, 0.2) is 39.5 Å². The maximum absolute atomic E-state index is 12.3. The van der Waals surface area contributed by atoms with Gasteiger partial charge in [0.2, 0.25) is 5.91 Å². The van der Waals surface area contributed by atoms with E-state index in [-0.39, 0.29) is 24.3 Å². The van der Waals surface area contributed by atoms with Crippen molar-refractivity contribution in [1.82, 2.24) is 10.2 Å². The molecule has 1 aromatic heterocycles. The number of nitrogens with one attached hydrogen (secondary N) is 1. The summed E-state index contributed by atoms with van der Waals surface area (Å²) in [5.74, 6) is 0.539. The molecule has 1 aliphatic heterocycles. The summed E-state index contributed by atoms with van der Waals surface area (Å²) in [7, 11) is 1.61. The molecule has 0 bridgehead atoms. The highest BCUT2D eigenvalue weighted by Gasteiger charge is 2.27. The summed E-state index contributed by atoms with van der Waals surface area (Å²) in [6.45, 7) is 1.12. The molecule has 1 N–H and O–H groups in total. The van der Waals surface area contributed by atoms with Gasteiger partial charge in [0, 0.05) is 44.1 Å². The number of likely N-dealkylation sites (tertiary alicyclic amines) is 1. The van der Waals surface area contributed by atoms with Crippen molar-refractivity contribution in [2.75, 3.05) is 26.7 Å². The number of fused-ring (bicyclic) bond motifs is 1. The zero-order chi connectivity index (χ0) is 17.8. The first-order valence-electron chi connectivity index (χ1n) is 8.20. The summed E-state index contributed by atoms with van der Waals surface area (Å²) in [6, 6.07) is 8.13. The highest BCUT2D eigenvalue weighted by atomic mass is 16.5. The minimum absolute atomic E-state index is 0.00629. The van der Waals surface area contributed by atoms with E-state index in [4.69, 9.17) is 9.15 Å². The van der Waals surface area contributed by atoms with E-state index in [0.717, 1.165) is 11.8 Å². The monoisotopic (exact) mass is 344 g/mol. The van der Waals surface area contributed by atoms with Crippen LogP contribution in [0, 0.1) is 5.92 Å². The predicted octanol–water partition coefficient (Wildman–Crippen LogP) is 1.16. The van der Waals surface area contributed by atoms with Crippen molar-refractivity contribution in [2.24, 2.45) is 5.92 Å². The Labute approximate surface area is 144 Å². The quantitative estimate of drug-likeness (QED) is 0.822. The molecule has 7 heteroatoms. The maximum atomic E-state index is 12.3. The van der Waals surface area contributed by atoms with Gasteiger partial charge in [0.05, 0.1) is 0 Å². The summed E-state index contributed by atoms with van der Waals surface area (Å²) < 4.78 is 10.6. The number of hydrogen-bond acceptors (Lipinski definition) is 5. The molecule has 1 unspecified atom stereocenters. The van der Waals surface area contributed by atoms with Crippen LogP contribution >= 0.6 is 0 Å². The molecule has 7 nitrogen and oxygen atoms in total. The summed E-state index contributed by atoms with van der Waals surface area (Å²) in [4.78, 5) is 36.7. The SMILES string of the molecule is CNC(=O)CC1CCN(C(=O)COc2ccc3ccc(=O)oc3c2)C1. The van der Waals surface area contributed by atoms with Crippen LogP contribution in [0.3, 0.4) is 0 Å². The molecule has 1 atom stereocenters. The fraction of sp³-hybridized carbons (Fsp3) is 0.389. The van der Waals surface area contributed by atoms with Crippen molar-refractivity contribution < 1.29 is 18.7 Å². The van der Waals surface area contributed by atoms with Gasteiger partial charge in [-0.15, -0.1) is 0 Å². The van der Waals surface area contributed by atoms with Gasteiger partial charge in [-0.05, 0) is 30.5 Å². The lowest BCUT2D eigenvalue weighted by Gasteiger charge is -2.17. The lowest BCUT2D eigenvalue weighted by molar-refractivity contribution is -0.132. The Morgan fingerprint density at radius 2 is 2.12 bits per heavy atom. The van der Waals surface area contributed by atoms with Gasteiger partial charge in [0.15, 0.2) is 6.61 Å². The fourth-order valence-corrected chi connectivity index (χ4v) is 2.96. The molecule has 0 spiro atoms. The van der Waals surface area contributed by atoms with Crippen LogP contribution in [0.4, 0.5) is 0 Å². The molecule has 25 heavy (non-hydrogen) atoms. The molecule has 2 aromatic rings. The summed E-state index contributed by atoms with van der Waals surface area (Å²) in [5.41, 5.74) is -0.00999. The Balaban J connectivity index is 1.56. The third kappa shape index (κ3) is 4.17. The van der Waals surface area contributed by atoms with Gasteiger partial charge in [-0.2, -0.15) is 0 Å². The average molecular weight is 344 g/mol. The Kier molecular flexibility index (Phi) is 5.02. The number of benzene rings is 1. The highest BCUT2D eigenvalue weighted by molar-refractivity contribution is 5.80. The van der Waals surface area contributed by atoms with Crippen LogP contribution in [0.5, 0.6) is 5.75 Å². The molecular weight excluding hydrogens is 324 g/mol. The molecule has 1 fully saturated rings. The number of rotatable bonds is 5. The van der Waals surface area contributed by atoms with Crippen LogP contribution in [0.1, 0.15) is 12.8 Å². The first kappa shape index (κ1) is 17.0. The van der Waals surface area contributed by atoms with E-state index >= 15 is 0 Å². The van der Waals surface area contributed by atoms with Gasteiger partial charge in [0.25, 0.3) is 5.91 Å². The second-order valence-corrected chi connectivity index (χ2v) is 6.11. The molecule has 1 aliphatic rings. The normalized spacial score (nSPS) is 16.8. The first-order valence-corrected chi connectivity index (χ1v) is 8.20. The molecule has 0 aliphatic carbocycles. The maximum Gasteiger partial charge on any atom is 0.336 e. The lowest BCUT2D eigenvalue weighted by Crippen LogP contribution is -2.33. The Bertz CT molecular complexity index is 845. The Morgan fingerprint density at radius 3 is 2.92 bits per heavy atom. The van der Waals surface area contributed by atoms with E-state index in [0.29, 0.717) is 30.8 Å². The van der Waals surface area contributed by atoms with Crippen molar-refractivity contribution in [2.45, 2.75) is 12.8 Å². The van der Waals surface area contributed by atoms with Gasteiger partial charge in [-0.3, -0.25) is 9.59 Å². The van der Waals surface area contributed by atoms with E-state index in [2.05, 4.69) is 5.32 Å². The molecule has 3 rings (SSSR count). The van der Waals surface area contributed by atoms with Crippen molar-refractivity contribution in [3.63, 3.8) is 0 Å². The number of carbonyl (C=O) groups excluding carboxylic acids is 2. The van der Waals surface area contributed by atoms with E-state index < -0.39 is 5.63 Å². The third-order valence-corrected chi connectivity index (χ3v) is 4.35. The van der Waals surface area contributed by atoms with Gasteiger partial charge in [-0.25, -0.2) is 4.79 Å². The van der Waals surface area contributed by atoms with Gasteiger partial charge in [-0.1, -0.05) is 0 Å². The molecule has 2 amide bonds. The summed E-state index contributed by atoms with van der Waals surface area (Å²) in [6.07, 6.45) is 1.26. The van der Waals surface area contributed by atoms with Crippen LogP contribution < -0.4 is 15.7 Å². The van der Waals surface area contributed by atoms with Crippen molar-refractivity contribution in [1.29, 1.82) is 0 Å². The molecule has 0 saturated carbocycles. The van der Waals surface area contributed by atoms with Crippen molar-refractivity contribution in [3.05, 3.63) is 40.8 Å². The van der Waals surface area contributed by atoms with Gasteiger partial charge < -0.3 is 19.4 Å². The van der Waals surface area contributed by atoms with E-state index in [1.165, 1.54) is 6.07 Å². The standard InChI is InChI=1S/C18H20N2O5/c1-19-16(21)8-12-6-7-20(10-12)17(22)11-24-14-4-2-13-3-5-18(23)25-15(13)9-14/h2-5,9,12H,6-8,10-11H2,1H3,(H,19,21). The highest BCUT2D eigenvalue weighted by Crippen LogP contribution is 2.21. The minimum atomic E-state index is -0.431. The summed E-state index contributed by atoms with van der Waals surface area (Å²) >= 11 is 0. The summed E-state index contributed by atoms with van der Waals surface area (Å²) in [5, 5.41) is 3.39.